The van der Waals surface area contributed by atoms with Crippen molar-refractivity contribution in [2.75, 3.05) is 0 Å². The van der Waals surface area contributed by atoms with Gasteiger partial charge in [-0.2, -0.15) is 5.26 Å². The molecule has 0 bridgehead atoms. The Balaban J connectivity index is 3.45. The van der Waals surface area contributed by atoms with Crippen molar-refractivity contribution in [1.82, 2.24) is 4.57 Å². The number of nitriles is 1. The van der Waals surface area contributed by atoms with Crippen molar-refractivity contribution in [2.24, 2.45) is 7.05 Å². The Hall–Kier alpha value is -0.340. The Morgan fingerprint density at radius 1 is 1.50 bits per heavy atom. The minimum atomic E-state index is -0.586. The van der Waals surface area contributed by atoms with E-state index in [9.17, 15) is 4.39 Å². The average molecular weight is 296 g/mol. The van der Waals surface area contributed by atoms with Gasteiger partial charge in [-0.3, -0.25) is 0 Å². The number of hydrogen-bond donors (Lipinski definition) is 0. The number of halogens is 3. The fourth-order valence-corrected chi connectivity index (χ4v) is 2.08. The lowest BCUT2D eigenvalue weighted by Gasteiger charge is -1.97. The first-order valence-electron chi connectivity index (χ1n) is 3.12. The summed E-state index contributed by atoms with van der Waals surface area (Å²) in [6.45, 7) is -0.586. The lowest BCUT2D eigenvalue weighted by molar-refractivity contribution is 0.464. The summed E-state index contributed by atoms with van der Waals surface area (Å²) >= 11 is 6.39. The summed E-state index contributed by atoms with van der Waals surface area (Å²) in [7, 11) is 1.66. The van der Waals surface area contributed by atoms with E-state index in [-0.39, 0.29) is 0 Å². The standard InChI is InChI=1S/C7H5Br2FN2/c1-12-4(2-10)6(8)7(9)5(12)3-11/h2H2,1H3. The Labute approximate surface area is 86.2 Å². The monoisotopic (exact) mass is 294 g/mol. The maximum Gasteiger partial charge on any atom is 0.135 e. The van der Waals surface area contributed by atoms with Crippen LogP contribution >= 0.6 is 31.9 Å². The zero-order valence-corrected chi connectivity index (χ0v) is 9.41. The Kier molecular flexibility index (Phi) is 2.91. The van der Waals surface area contributed by atoms with E-state index in [2.05, 4.69) is 31.9 Å². The van der Waals surface area contributed by atoms with Crippen LogP contribution in [0.1, 0.15) is 11.4 Å². The van der Waals surface area contributed by atoms with Crippen molar-refractivity contribution >= 4 is 31.9 Å². The van der Waals surface area contributed by atoms with Gasteiger partial charge in [-0.15, -0.1) is 0 Å². The van der Waals surface area contributed by atoms with Gasteiger partial charge >= 0.3 is 0 Å². The molecule has 5 heteroatoms. The lowest BCUT2D eigenvalue weighted by Crippen LogP contribution is -1.96. The van der Waals surface area contributed by atoms with Gasteiger partial charge in [0.1, 0.15) is 18.4 Å². The quantitative estimate of drug-likeness (QED) is 0.783. The molecule has 0 radical (unpaired) electrons. The first kappa shape index (κ1) is 9.75. The molecule has 0 amide bonds. The SMILES string of the molecule is Cn1c(C#N)c(Br)c(Br)c1CF. The van der Waals surface area contributed by atoms with E-state index in [1.165, 1.54) is 4.57 Å². The van der Waals surface area contributed by atoms with Crippen LogP contribution in [0.2, 0.25) is 0 Å². The first-order chi connectivity index (χ1) is 5.63. The number of alkyl halides is 1. The minimum Gasteiger partial charge on any atom is -0.335 e. The molecule has 0 aliphatic heterocycles. The Bertz CT molecular complexity index is 351. The van der Waals surface area contributed by atoms with Gasteiger partial charge in [0.15, 0.2) is 0 Å². The molecule has 12 heavy (non-hydrogen) atoms. The van der Waals surface area contributed by atoms with E-state index < -0.39 is 6.67 Å². The molecule has 0 fully saturated rings. The number of rotatable bonds is 1. The summed E-state index contributed by atoms with van der Waals surface area (Å²) in [5.41, 5.74) is 0.896. The van der Waals surface area contributed by atoms with Crippen molar-refractivity contribution in [2.45, 2.75) is 6.67 Å². The fraction of sp³-hybridized carbons (Fsp3) is 0.286. The molecule has 0 aliphatic rings. The Morgan fingerprint density at radius 3 is 2.33 bits per heavy atom. The minimum absolute atomic E-state index is 0.425. The Morgan fingerprint density at radius 2 is 2.08 bits per heavy atom. The molecule has 1 rings (SSSR count). The number of aromatic nitrogens is 1. The van der Waals surface area contributed by atoms with Crippen molar-refractivity contribution in [1.29, 1.82) is 5.26 Å². The van der Waals surface area contributed by atoms with Crippen LogP contribution in [0, 0.1) is 11.3 Å². The third-order valence-electron chi connectivity index (χ3n) is 1.63. The highest BCUT2D eigenvalue weighted by molar-refractivity contribution is 9.13. The molecule has 1 aromatic heterocycles. The topological polar surface area (TPSA) is 28.7 Å². The highest BCUT2D eigenvalue weighted by Crippen LogP contribution is 2.32. The molecule has 64 valence electrons. The predicted octanol–water partition coefficient (Wildman–Crippen LogP) is 2.89. The second-order valence-corrected chi connectivity index (χ2v) is 3.81. The zero-order valence-electron chi connectivity index (χ0n) is 6.24. The van der Waals surface area contributed by atoms with Gasteiger partial charge in [0.05, 0.1) is 14.6 Å². The molecule has 0 N–H and O–H groups in total. The van der Waals surface area contributed by atoms with Gasteiger partial charge in [-0.05, 0) is 31.9 Å². The predicted molar refractivity (Wildman–Crippen MR) is 50.3 cm³/mol. The van der Waals surface area contributed by atoms with Crippen molar-refractivity contribution in [3.05, 3.63) is 20.3 Å². The van der Waals surface area contributed by atoms with Crippen molar-refractivity contribution in [3.8, 4) is 6.07 Å². The van der Waals surface area contributed by atoms with Gasteiger partial charge in [-0.25, -0.2) is 4.39 Å². The van der Waals surface area contributed by atoms with E-state index in [0.29, 0.717) is 20.3 Å². The summed E-state index contributed by atoms with van der Waals surface area (Å²) in [5, 5.41) is 8.69. The van der Waals surface area contributed by atoms with Crippen LogP contribution in [-0.4, -0.2) is 4.57 Å². The summed E-state index contributed by atoms with van der Waals surface area (Å²) < 4.78 is 15.1. The van der Waals surface area contributed by atoms with E-state index in [4.69, 9.17) is 5.26 Å². The van der Waals surface area contributed by atoms with Crippen molar-refractivity contribution < 1.29 is 4.39 Å². The summed E-state index contributed by atoms with van der Waals surface area (Å²) in [5.74, 6) is 0. The molecule has 0 aromatic carbocycles. The molecular formula is C7H5Br2FN2. The highest BCUT2D eigenvalue weighted by atomic mass is 79.9. The van der Waals surface area contributed by atoms with Crippen LogP contribution in [0.25, 0.3) is 0 Å². The molecule has 0 saturated heterocycles. The molecule has 0 saturated carbocycles. The molecular weight excluding hydrogens is 291 g/mol. The maximum absolute atomic E-state index is 12.4. The van der Waals surface area contributed by atoms with Crippen LogP contribution in [0.3, 0.4) is 0 Å². The van der Waals surface area contributed by atoms with Gasteiger partial charge < -0.3 is 4.57 Å². The van der Waals surface area contributed by atoms with E-state index in [1.54, 1.807) is 7.05 Å². The highest BCUT2D eigenvalue weighted by Gasteiger charge is 2.16. The van der Waals surface area contributed by atoms with E-state index in [0.717, 1.165) is 0 Å². The maximum atomic E-state index is 12.4. The van der Waals surface area contributed by atoms with Gasteiger partial charge in [-0.1, -0.05) is 0 Å². The fourth-order valence-electron chi connectivity index (χ4n) is 0.932. The summed E-state index contributed by atoms with van der Waals surface area (Å²) in [6.07, 6.45) is 0. The van der Waals surface area contributed by atoms with Gasteiger partial charge in [0.2, 0.25) is 0 Å². The average Bonchev–Trinajstić information content (AvgIpc) is 2.25. The van der Waals surface area contributed by atoms with Crippen LogP contribution < -0.4 is 0 Å². The normalized spacial score (nSPS) is 9.92. The van der Waals surface area contributed by atoms with Crippen LogP contribution in [-0.2, 0) is 13.7 Å². The van der Waals surface area contributed by atoms with Crippen LogP contribution in [0.5, 0.6) is 0 Å². The van der Waals surface area contributed by atoms with Crippen LogP contribution in [0.15, 0.2) is 8.95 Å². The van der Waals surface area contributed by atoms with E-state index in [1.807, 2.05) is 6.07 Å². The second kappa shape index (κ2) is 3.58. The summed E-state index contributed by atoms with van der Waals surface area (Å²) in [4.78, 5) is 0. The van der Waals surface area contributed by atoms with Gasteiger partial charge in [0.25, 0.3) is 0 Å². The summed E-state index contributed by atoms with van der Waals surface area (Å²) in [6, 6.07) is 1.98. The molecule has 0 spiro atoms. The number of nitrogens with zero attached hydrogens (tertiary/aromatic N) is 2. The number of hydrogen-bond acceptors (Lipinski definition) is 1. The molecule has 0 atom stereocenters. The smallest absolute Gasteiger partial charge is 0.135 e. The molecule has 2 nitrogen and oxygen atoms in total. The molecule has 1 heterocycles. The first-order valence-corrected chi connectivity index (χ1v) is 4.70. The van der Waals surface area contributed by atoms with Gasteiger partial charge in [0, 0.05) is 7.05 Å². The zero-order chi connectivity index (χ0) is 9.30. The molecule has 1 aromatic rings. The lowest BCUT2D eigenvalue weighted by atomic mass is 10.4. The second-order valence-electron chi connectivity index (χ2n) is 2.23. The van der Waals surface area contributed by atoms with Crippen molar-refractivity contribution in [3.63, 3.8) is 0 Å². The largest absolute Gasteiger partial charge is 0.335 e. The molecule has 0 aliphatic carbocycles. The van der Waals surface area contributed by atoms with E-state index >= 15 is 0 Å². The van der Waals surface area contributed by atoms with Crippen LogP contribution in [0.4, 0.5) is 4.39 Å². The molecule has 0 unspecified atom stereocenters. The third-order valence-corrected chi connectivity index (χ3v) is 3.79. The third kappa shape index (κ3) is 1.29.